The number of ketones is 1. The molecule has 0 saturated heterocycles. The van der Waals surface area contributed by atoms with Gasteiger partial charge in [-0.15, -0.1) is 0 Å². The molecule has 0 aliphatic rings. The van der Waals surface area contributed by atoms with Gasteiger partial charge >= 0.3 is 0 Å². The van der Waals surface area contributed by atoms with E-state index in [0.717, 1.165) is 33.4 Å². The fourth-order valence-corrected chi connectivity index (χ4v) is 2.38. The van der Waals surface area contributed by atoms with E-state index in [1.54, 1.807) is 6.92 Å². The highest BCUT2D eigenvalue weighted by Gasteiger charge is 2.05. The zero-order valence-corrected chi connectivity index (χ0v) is 12.1. The van der Waals surface area contributed by atoms with Gasteiger partial charge in [0.1, 0.15) is 0 Å². The summed E-state index contributed by atoms with van der Waals surface area (Å²) in [5.74, 6) is 0.0755. The summed E-state index contributed by atoms with van der Waals surface area (Å²) in [6.45, 7) is 3.63. The van der Waals surface area contributed by atoms with Crippen molar-refractivity contribution < 1.29 is 4.79 Å². The highest BCUT2D eigenvalue weighted by molar-refractivity contribution is 5.96. The lowest BCUT2D eigenvalue weighted by Gasteiger charge is -2.10. The first-order valence-corrected chi connectivity index (χ1v) is 6.87. The second-order valence-corrected chi connectivity index (χ2v) is 5.09. The molecular weight excluding hydrogens is 260 g/mol. The predicted molar refractivity (Wildman–Crippen MR) is 86.2 cm³/mol. The number of para-hydroxylation sites is 1. The number of hydrogen-bond donors (Lipinski definition) is 1. The lowest BCUT2D eigenvalue weighted by Crippen LogP contribution is -1.95. The highest BCUT2D eigenvalue weighted by atomic mass is 16.1. The van der Waals surface area contributed by atoms with Crippen LogP contribution in [0.1, 0.15) is 22.8 Å². The molecular formula is C18H16N2O. The van der Waals surface area contributed by atoms with E-state index in [1.165, 1.54) is 0 Å². The van der Waals surface area contributed by atoms with E-state index in [9.17, 15) is 4.79 Å². The third kappa shape index (κ3) is 2.63. The van der Waals surface area contributed by atoms with Gasteiger partial charge in [0.25, 0.3) is 0 Å². The Morgan fingerprint density at radius 2 is 1.81 bits per heavy atom. The number of benzene rings is 2. The van der Waals surface area contributed by atoms with Crippen LogP contribution in [0.4, 0.5) is 11.4 Å². The average molecular weight is 276 g/mol. The van der Waals surface area contributed by atoms with Crippen molar-refractivity contribution in [2.75, 3.05) is 5.32 Å². The molecule has 0 spiro atoms. The van der Waals surface area contributed by atoms with Crippen molar-refractivity contribution >= 4 is 28.1 Å². The van der Waals surface area contributed by atoms with E-state index in [1.807, 2.05) is 42.6 Å². The minimum atomic E-state index is 0.0755. The Balaban J connectivity index is 1.98. The number of aromatic nitrogens is 1. The number of Topliss-reactive ketones (excluding diaryl/α,β-unsaturated/α-hetero) is 1. The molecule has 1 aromatic heterocycles. The van der Waals surface area contributed by atoms with Gasteiger partial charge in [-0.3, -0.25) is 9.78 Å². The summed E-state index contributed by atoms with van der Waals surface area (Å²) >= 11 is 0. The first kappa shape index (κ1) is 13.3. The number of nitrogens with zero attached hydrogens (tertiary/aromatic N) is 1. The molecule has 0 aliphatic carbocycles. The number of fused-ring (bicyclic) bond motifs is 1. The molecule has 0 radical (unpaired) electrons. The number of nitrogens with one attached hydrogen (secondary N) is 1. The number of carbonyl (C=O) groups excluding carboxylic acids is 1. The summed E-state index contributed by atoms with van der Waals surface area (Å²) in [7, 11) is 0. The summed E-state index contributed by atoms with van der Waals surface area (Å²) in [4.78, 5) is 15.7. The van der Waals surface area contributed by atoms with Crippen LogP contribution in [0.3, 0.4) is 0 Å². The van der Waals surface area contributed by atoms with Gasteiger partial charge in [-0.05, 0) is 49.7 Å². The van der Waals surface area contributed by atoms with Crippen LogP contribution in [0.15, 0.2) is 54.7 Å². The van der Waals surface area contributed by atoms with E-state index in [-0.39, 0.29) is 5.78 Å². The van der Waals surface area contributed by atoms with Crippen molar-refractivity contribution in [1.29, 1.82) is 0 Å². The van der Waals surface area contributed by atoms with E-state index in [0.29, 0.717) is 0 Å². The van der Waals surface area contributed by atoms with Gasteiger partial charge in [-0.25, -0.2) is 0 Å². The molecule has 1 heterocycles. The molecule has 0 unspecified atom stereocenters. The van der Waals surface area contributed by atoms with Gasteiger partial charge in [0.2, 0.25) is 0 Å². The summed E-state index contributed by atoms with van der Waals surface area (Å²) in [5.41, 5.74) is 4.84. The molecule has 3 heteroatoms. The maximum atomic E-state index is 11.3. The normalized spacial score (nSPS) is 10.6. The molecule has 0 amide bonds. The Labute approximate surface area is 123 Å². The summed E-state index contributed by atoms with van der Waals surface area (Å²) in [6, 6.07) is 15.6. The van der Waals surface area contributed by atoms with Gasteiger partial charge in [0.05, 0.1) is 5.52 Å². The predicted octanol–water partition coefficient (Wildman–Crippen LogP) is 4.49. The van der Waals surface area contributed by atoms with Gasteiger partial charge in [-0.2, -0.15) is 0 Å². The van der Waals surface area contributed by atoms with Crippen molar-refractivity contribution in [2.24, 2.45) is 0 Å². The molecule has 1 N–H and O–H groups in total. The number of anilines is 2. The third-order valence-electron chi connectivity index (χ3n) is 3.54. The van der Waals surface area contributed by atoms with E-state index in [2.05, 4.69) is 29.4 Å². The third-order valence-corrected chi connectivity index (χ3v) is 3.54. The smallest absolute Gasteiger partial charge is 0.159 e. The van der Waals surface area contributed by atoms with Crippen molar-refractivity contribution in [3.8, 4) is 0 Å². The van der Waals surface area contributed by atoms with Crippen LogP contribution in [-0.4, -0.2) is 10.8 Å². The molecule has 2 aromatic carbocycles. The molecule has 0 bridgehead atoms. The van der Waals surface area contributed by atoms with Crippen molar-refractivity contribution in [3.63, 3.8) is 0 Å². The topological polar surface area (TPSA) is 42.0 Å². The van der Waals surface area contributed by atoms with Gasteiger partial charge in [0, 0.05) is 28.5 Å². The van der Waals surface area contributed by atoms with Crippen molar-refractivity contribution in [2.45, 2.75) is 13.8 Å². The monoisotopic (exact) mass is 276 g/mol. The van der Waals surface area contributed by atoms with Crippen LogP contribution in [-0.2, 0) is 0 Å². The molecule has 3 rings (SSSR count). The first-order chi connectivity index (χ1) is 10.1. The molecule has 0 saturated carbocycles. The van der Waals surface area contributed by atoms with Crippen molar-refractivity contribution in [1.82, 2.24) is 4.98 Å². The summed E-state index contributed by atoms with van der Waals surface area (Å²) < 4.78 is 0. The van der Waals surface area contributed by atoms with Crippen LogP contribution in [0.5, 0.6) is 0 Å². The van der Waals surface area contributed by atoms with E-state index >= 15 is 0 Å². The molecule has 3 nitrogen and oxygen atoms in total. The molecule has 0 aliphatic heterocycles. The van der Waals surface area contributed by atoms with E-state index in [4.69, 9.17) is 0 Å². The summed E-state index contributed by atoms with van der Waals surface area (Å²) in [5, 5.41) is 4.48. The minimum Gasteiger partial charge on any atom is -0.355 e. The average Bonchev–Trinajstić information content (AvgIpc) is 2.49. The van der Waals surface area contributed by atoms with Crippen molar-refractivity contribution in [3.05, 3.63) is 65.9 Å². The van der Waals surface area contributed by atoms with Gasteiger partial charge < -0.3 is 5.32 Å². The molecule has 3 aromatic rings. The highest BCUT2D eigenvalue weighted by Crippen LogP contribution is 2.26. The first-order valence-electron chi connectivity index (χ1n) is 6.87. The molecule has 21 heavy (non-hydrogen) atoms. The Kier molecular flexibility index (Phi) is 3.40. The summed E-state index contributed by atoms with van der Waals surface area (Å²) in [6.07, 6.45) is 1.81. The van der Waals surface area contributed by atoms with Gasteiger partial charge in [-0.1, -0.05) is 18.2 Å². The van der Waals surface area contributed by atoms with Crippen LogP contribution < -0.4 is 5.32 Å². The largest absolute Gasteiger partial charge is 0.355 e. The lowest BCUT2D eigenvalue weighted by atomic mass is 10.1. The maximum Gasteiger partial charge on any atom is 0.159 e. The Bertz CT molecular complexity index is 807. The zero-order valence-electron chi connectivity index (χ0n) is 12.1. The van der Waals surface area contributed by atoms with E-state index < -0.39 is 0 Å². The number of aryl methyl sites for hydroxylation is 1. The maximum absolute atomic E-state index is 11.3. The Morgan fingerprint density at radius 1 is 1.05 bits per heavy atom. The number of carbonyl (C=O) groups is 1. The fourth-order valence-electron chi connectivity index (χ4n) is 2.38. The molecule has 0 atom stereocenters. The number of hydrogen-bond acceptors (Lipinski definition) is 3. The van der Waals surface area contributed by atoms with Crippen LogP contribution in [0, 0.1) is 6.92 Å². The Morgan fingerprint density at radius 3 is 2.52 bits per heavy atom. The quantitative estimate of drug-likeness (QED) is 0.717. The molecule has 0 fully saturated rings. The minimum absolute atomic E-state index is 0.0755. The fraction of sp³-hybridized carbons (Fsp3) is 0.111. The number of rotatable bonds is 3. The lowest BCUT2D eigenvalue weighted by molar-refractivity contribution is 0.101. The Hall–Kier alpha value is -2.68. The van der Waals surface area contributed by atoms with Crippen LogP contribution >= 0.6 is 0 Å². The van der Waals surface area contributed by atoms with Gasteiger partial charge in [0.15, 0.2) is 5.78 Å². The number of pyridine rings is 1. The second-order valence-electron chi connectivity index (χ2n) is 5.09. The van der Waals surface area contributed by atoms with Crippen LogP contribution in [0.25, 0.3) is 10.9 Å². The zero-order chi connectivity index (χ0) is 14.8. The second kappa shape index (κ2) is 5.37. The van der Waals surface area contributed by atoms with Crippen LogP contribution in [0.2, 0.25) is 0 Å². The standard InChI is InChI=1S/C18H16N2O/c1-12-4-3-5-16-17(10-11-19-18(12)16)20-15-8-6-14(7-9-15)13(2)21/h3-11H,1-2H3,(H,19,20). The molecule has 104 valence electrons. The SMILES string of the molecule is CC(=O)c1ccc(Nc2ccnc3c(C)cccc23)cc1.